The number of carbonyl (C=O) groups is 1. The normalized spacial score (nSPS) is 26.9. The fourth-order valence-corrected chi connectivity index (χ4v) is 2.72. The fraction of sp³-hybridized carbons (Fsp3) is 0.929. The van der Waals surface area contributed by atoms with Crippen molar-refractivity contribution in [3.05, 3.63) is 0 Å². The molecule has 1 saturated carbocycles. The highest BCUT2D eigenvalue weighted by Gasteiger charge is 2.37. The van der Waals surface area contributed by atoms with Gasteiger partial charge in [0.2, 0.25) is 0 Å². The first-order valence-corrected chi connectivity index (χ1v) is 7.03. The second-order valence-electron chi connectivity index (χ2n) is 6.66. The molecule has 0 bridgehead atoms. The van der Waals surface area contributed by atoms with Gasteiger partial charge in [-0.25, -0.2) is 4.79 Å². The molecule has 2 atom stereocenters. The number of nitrogens with zero attached hydrogens (tertiary/aromatic N) is 1. The van der Waals surface area contributed by atoms with Gasteiger partial charge in [0.1, 0.15) is 5.60 Å². The van der Waals surface area contributed by atoms with Crippen LogP contribution in [0.1, 0.15) is 46.5 Å². The van der Waals surface area contributed by atoms with Crippen molar-refractivity contribution in [1.29, 1.82) is 0 Å². The molecule has 2 aliphatic rings. The van der Waals surface area contributed by atoms with E-state index < -0.39 is 5.60 Å². The van der Waals surface area contributed by atoms with Gasteiger partial charge >= 0.3 is 6.09 Å². The third-order valence-electron chi connectivity index (χ3n) is 3.99. The number of rotatable bonds is 2. The van der Waals surface area contributed by atoms with Crippen LogP contribution in [0.15, 0.2) is 0 Å². The summed E-state index contributed by atoms with van der Waals surface area (Å²) in [5.41, 5.74) is -0.443. The monoisotopic (exact) mass is 255 g/mol. The standard InChI is InChI=1S/C14H25NO3/c1-14(2,3)18-13(17)15-8-7-11(9-15)12(16)10-5-4-6-10/h10-12,16H,4-9H2,1-3H3. The van der Waals surface area contributed by atoms with Crippen LogP contribution < -0.4 is 0 Å². The molecule has 0 radical (unpaired) electrons. The summed E-state index contributed by atoms with van der Waals surface area (Å²) in [6, 6.07) is 0. The summed E-state index contributed by atoms with van der Waals surface area (Å²) in [4.78, 5) is 13.6. The van der Waals surface area contributed by atoms with E-state index in [4.69, 9.17) is 4.74 Å². The van der Waals surface area contributed by atoms with Crippen molar-refractivity contribution < 1.29 is 14.6 Å². The summed E-state index contributed by atoms with van der Waals surface area (Å²) >= 11 is 0. The van der Waals surface area contributed by atoms with Crippen LogP contribution in [0.2, 0.25) is 0 Å². The van der Waals surface area contributed by atoms with Gasteiger partial charge in [0.05, 0.1) is 6.10 Å². The number of hydrogen-bond acceptors (Lipinski definition) is 3. The van der Waals surface area contributed by atoms with Crippen molar-refractivity contribution in [2.24, 2.45) is 11.8 Å². The second kappa shape index (κ2) is 5.08. The lowest BCUT2D eigenvalue weighted by Crippen LogP contribution is -2.38. The van der Waals surface area contributed by atoms with Crippen molar-refractivity contribution in [3.8, 4) is 0 Å². The number of carbonyl (C=O) groups excluding carboxylic acids is 1. The highest BCUT2D eigenvalue weighted by atomic mass is 16.6. The van der Waals surface area contributed by atoms with Gasteiger partial charge in [0.25, 0.3) is 0 Å². The second-order valence-corrected chi connectivity index (χ2v) is 6.66. The third-order valence-corrected chi connectivity index (χ3v) is 3.99. The Kier molecular flexibility index (Phi) is 3.85. The zero-order valence-electron chi connectivity index (χ0n) is 11.7. The zero-order valence-corrected chi connectivity index (χ0v) is 11.7. The lowest BCUT2D eigenvalue weighted by Gasteiger charge is -2.33. The molecule has 4 nitrogen and oxygen atoms in total. The van der Waals surface area contributed by atoms with E-state index in [1.807, 2.05) is 20.8 Å². The Morgan fingerprint density at radius 3 is 2.44 bits per heavy atom. The van der Waals surface area contributed by atoms with Gasteiger partial charge < -0.3 is 14.7 Å². The molecule has 1 aliphatic heterocycles. The van der Waals surface area contributed by atoms with Crippen LogP contribution in [0.3, 0.4) is 0 Å². The summed E-state index contributed by atoms with van der Waals surface area (Å²) in [6.07, 6.45) is 3.95. The summed E-state index contributed by atoms with van der Waals surface area (Å²) in [5.74, 6) is 0.705. The van der Waals surface area contributed by atoms with Crippen LogP contribution in [0.5, 0.6) is 0 Å². The number of ether oxygens (including phenoxy) is 1. The quantitative estimate of drug-likeness (QED) is 0.824. The van der Waals surface area contributed by atoms with Gasteiger partial charge in [0, 0.05) is 19.0 Å². The van der Waals surface area contributed by atoms with E-state index in [1.165, 1.54) is 6.42 Å². The minimum Gasteiger partial charge on any atom is -0.444 e. The average Bonchev–Trinajstić information content (AvgIpc) is 2.60. The van der Waals surface area contributed by atoms with Crippen LogP contribution in [0.25, 0.3) is 0 Å². The van der Waals surface area contributed by atoms with E-state index in [1.54, 1.807) is 4.90 Å². The molecule has 0 aromatic heterocycles. The Balaban J connectivity index is 1.82. The molecule has 2 fully saturated rings. The van der Waals surface area contributed by atoms with Crippen LogP contribution >= 0.6 is 0 Å². The molecule has 0 spiro atoms. The predicted octanol–water partition coefficient (Wildman–Crippen LogP) is 2.40. The molecule has 1 amide bonds. The predicted molar refractivity (Wildman–Crippen MR) is 69.3 cm³/mol. The lowest BCUT2D eigenvalue weighted by molar-refractivity contribution is 0.0105. The van der Waals surface area contributed by atoms with E-state index in [0.29, 0.717) is 19.0 Å². The summed E-state index contributed by atoms with van der Waals surface area (Å²) in [5, 5.41) is 10.2. The number of aliphatic hydroxyl groups excluding tert-OH is 1. The van der Waals surface area contributed by atoms with Crippen molar-refractivity contribution in [1.82, 2.24) is 4.90 Å². The molecule has 1 aliphatic carbocycles. The van der Waals surface area contributed by atoms with E-state index in [2.05, 4.69) is 0 Å². The van der Waals surface area contributed by atoms with Crippen molar-refractivity contribution in [2.75, 3.05) is 13.1 Å². The number of likely N-dealkylation sites (tertiary alicyclic amines) is 1. The molecule has 4 heteroatoms. The van der Waals surface area contributed by atoms with Gasteiger partial charge in [-0.05, 0) is 46.0 Å². The molecule has 0 aromatic carbocycles. The minimum atomic E-state index is -0.443. The SMILES string of the molecule is CC(C)(C)OC(=O)N1CCC(C(O)C2CCC2)C1. The number of amides is 1. The van der Waals surface area contributed by atoms with Gasteiger partial charge in [0.15, 0.2) is 0 Å². The maximum atomic E-state index is 11.9. The van der Waals surface area contributed by atoms with Gasteiger partial charge in [-0.3, -0.25) is 0 Å². The molecule has 0 aromatic rings. The largest absolute Gasteiger partial charge is 0.444 e. The molecule has 1 N–H and O–H groups in total. The molecule has 2 unspecified atom stereocenters. The lowest BCUT2D eigenvalue weighted by atomic mass is 9.76. The third kappa shape index (κ3) is 3.16. The maximum Gasteiger partial charge on any atom is 0.410 e. The van der Waals surface area contributed by atoms with E-state index in [9.17, 15) is 9.90 Å². The summed E-state index contributed by atoms with van der Waals surface area (Å²) in [7, 11) is 0. The molecular weight excluding hydrogens is 230 g/mol. The summed E-state index contributed by atoms with van der Waals surface area (Å²) < 4.78 is 5.36. The summed E-state index contributed by atoms with van der Waals surface area (Å²) in [6.45, 7) is 6.99. The van der Waals surface area contributed by atoms with Crippen LogP contribution in [-0.2, 0) is 4.74 Å². The molecule has 18 heavy (non-hydrogen) atoms. The van der Waals surface area contributed by atoms with Gasteiger partial charge in [-0.15, -0.1) is 0 Å². The Bertz CT molecular complexity index is 307. The molecular formula is C14H25NO3. The van der Waals surface area contributed by atoms with Crippen LogP contribution in [0.4, 0.5) is 4.79 Å². The highest BCUT2D eigenvalue weighted by Crippen LogP contribution is 2.35. The Hall–Kier alpha value is -0.770. The van der Waals surface area contributed by atoms with Crippen molar-refractivity contribution >= 4 is 6.09 Å². The van der Waals surface area contributed by atoms with Crippen LogP contribution in [-0.4, -0.2) is 40.9 Å². The maximum absolute atomic E-state index is 11.9. The molecule has 104 valence electrons. The van der Waals surface area contributed by atoms with E-state index in [0.717, 1.165) is 19.3 Å². The Labute approximate surface area is 109 Å². The first kappa shape index (κ1) is 13.7. The Morgan fingerprint density at radius 2 is 1.94 bits per heavy atom. The van der Waals surface area contributed by atoms with Gasteiger partial charge in [-0.1, -0.05) is 6.42 Å². The van der Waals surface area contributed by atoms with Crippen molar-refractivity contribution in [2.45, 2.75) is 58.2 Å². The topological polar surface area (TPSA) is 49.8 Å². The number of hydrogen-bond donors (Lipinski definition) is 1. The fourth-order valence-electron chi connectivity index (χ4n) is 2.72. The first-order valence-electron chi connectivity index (χ1n) is 7.03. The smallest absolute Gasteiger partial charge is 0.410 e. The molecule has 1 saturated heterocycles. The first-order chi connectivity index (χ1) is 8.37. The molecule has 1 heterocycles. The highest BCUT2D eigenvalue weighted by molar-refractivity contribution is 5.68. The minimum absolute atomic E-state index is 0.230. The van der Waals surface area contributed by atoms with Gasteiger partial charge in [-0.2, -0.15) is 0 Å². The Morgan fingerprint density at radius 1 is 1.28 bits per heavy atom. The van der Waals surface area contributed by atoms with E-state index >= 15 is 0 Å². The van der Waals surface area contributed by atoms with Crippen molar-refractivity contribution in [3.63, 3.8) is 0 Å². The van der Waals surface area contributed by atoms with E-state index in [-0.39, 0.29) is 18.1 Å². The average molecular weight is 255 g/mol. The van der Waals surface area contributed by atoms with Crippen LogP contribution in [0, 0.1) is 11.8 Å². The zero-order chi connectivity index (χ0) is 13.3. The number of aliphatic hydroxyl groups is 1. The molecule has 2 rings (SSSR count).